The zero-order valence-corrected chi connectivity index (χ0v) is 10.5. The second-order valence-corrected chi connectivity index (χ2v) is 4.88. The Balaban J connectivity index is 2.19. The van der Waals surface area contributed by atoms with Gasteiger partial charge in [0.05, 0.1) is 6.42 Å². The van der Waals surface area contributed by atoms with E-state index in [2.05, 4.69) is 12.2 Å². The van der Waals surface area contributed by atoms with E-state index in [1.54, 1.807) is 0 Å². The van der Waals surface area contributed by atoms with Gasteiger partial charge < -0.3 is 10.2 Å². The summed E-state index contributed by atoms with van der Waals surface area (Å²) in [6, 6.07) is 0. The lowest BCUT2D eigenvalue weighted by atomic mass is 9.98. The fourth-order valence-corrected chi connectivity index (χ4v) is 2.29. The molecule has 0 amide bonds. The van der Waals surface area contributed by atoms with Gasteiger partial charge in [0.25, 0.3) is 0 Å². The highest BCUT2D eigenvalue weighted by Gasteiger charge is 2.29. The van der Waals surface area contributed by atoms with Gasteiger partial charge in [0.1, 0.15) is 0 Å². The zero-order valence-electron chi connectivity index (χ0n) is 10.5. The Morgan fingerprint density at radius 2 is 2.12 bits per heavy atom. The summed E-state index contributed by atoms with van der Waals surface area (Å²) in [5.74, 6) is 0.517. The average molecular weight is 252 g/mol. The van der Waals surface area contributed by atoms with Crippen LogP contribution in [0.3, 0.4) is 0 Å². The molecular weight excluding hydrogens is 229 g/mol. The van der Waals surface area contributed by atoms with Gasteiger partial charge in [-0.1, -0.05) is 6.92 Å². The molecule has 0 bridgehead atoms. The lowest BCUT2D eigenvalue weighted by molar-refractivity contribution is -0.138. The summed E-state index contributed by atoms with van der Waals surface area (Å²) in [7, 11) is 0. The number of nitrogens with zero attached hydrogens (tertiary/aromatic N) is 1. The van der Waals surface area contributed by atoms with Crippen molar-refractivity contribution in [2.45, 2.75) is 38.8 Å². The second kappa shape index (κ2) is 7.21. The summed E-state index contributed by atoms with van der Waals surface area (Å²) in [6.45, 7) is 5.85. The number of halogens is 3. The molecule has 102 valence electrons. The average Bonchev–Trinajstić information content (AvgIpc) is 2.27. The van der Waals surface area contributed by atoms with Crippen LogP contribution >= 0.6 is 0 Å². The number of alkyl halides is 3. The third-order valence-electron chi connectivity index (χ3n) is 3.17. The summed E-state index contributed by atoms with van der Waals surface area (Å²) in [4.78, 5) is 1.95. The SMILES string of the molecule is CCCNCC1CCCN(CCC(F)(F)F)C1. The molecule has 1 aliphatic heterocycles. The van der Waals surface area contributed by atoms with Crippen LogP contribution in [-0.2, 0) is 0 Å². The quantitative estimate of drug-likeness (QED) is 0.731. The van der Waals surface area contributed by atoms with E-state index < -0.39 is 12.6 Å². The molecule has 1 unspecified atom stereocenters. The molecule has 0 aromatic carbocycles. The normalized spacial score (nSPS) is 22.9. The fourth-order valence-electron chi connectivity index (χ4n) is 2.29. The summed E-state index contributed by atoms with van der Waals surface area (Å²) in [6.07, 6.45) is -1.43. The fraction of sp³-hybridized carbons (Fsp3) is 1.00. The first-order valence-corrected chi connectivity index (χ1v) is 6.51. The molecule has 0 spiro atoms. The molecule has 1 saturated heterocycles. The van der Waals surface area contributed by atoms with Gasteiger partial charge in [0.15, 0.2) is 0 Å². The van der Waals surface area contributed by atoms with E-state index in [0.717, 1.165) is 45.4 Å². The monoisotopic (exact) mass is 252 g/mol. The first-order valence-electron chi connectivity index (χ1n) is 6.51. The Bertz CT molecular complexity index is 206. The molecule has 0 aromatic heterocycles. The predicted molar refractivity (Wildman–Crippen MR) is 63.0 cm³/mol. The molecule has 1 rings (SSSR count). The van der Waals surface area contributed by atoms with Crippen molar-refractivity contribution in [3.8, 4) is 0 Å². The van der Waals surface area contributed by atoms with Gasteiger partial charge in [-0.2, -0.15) is 13.2 Å². The Morgan fingerprint density at radius 1 is 1.35 bits per heavy atom. The van der Waals surface area contributed by atoms with Crippen molar-refractivity contribution in [1.82, 2.24) is 10.2 Å². The van der Waals surface area contributed by atoms with Crippen LogP contribution in [0.4, 0.5) is 13.2 Å². The number of nitrogens with one attached hydrogen (secondary N) is 1. The van der Waals surface area contributed by atoms with Crippen LogP contribution in [0.25, 0.3) is 0 Å². The first kappa shape index (κ1) is 14.8. The molecule has 0 aromatic rings. The zero-order chi connectivity index (χ0) is 12.7. The summed E-state index contributed by atoms with van der Waals surface area (Å²) in [5.41, 5.74) is 0. The minimum absolute atomic E-state index is 0.160. The van der Waals surface area contributed by atoms with Crippen molar-refractivity contribution < 1.29 is 13.2 Å². The molecule has 1 fully saturated rings. The van der Waals surface area contributed by atoms with Gasteiger partial charge in [-0.3, -0.25) is 0 Å². The topological polar surface area (TPSA) is 15.3 Å². The third-order valence-corrected chi connectivity index (χ3v) is 3.17. The van der Waals surface area contributed by atoms with Crippen molar-refractivity contribution >= 4 is 0 Å². The number of piperidine rings is 1. The van der Waals surface area contributed by atoms with Crippen molar-refractivity contribution in [2.75, 3.05) is 32.7 Å². The summed E-state index contributed by atoms with van der Waals surface area (Å²) in [5, 5.41) is 3.35. The van der Waals surface area contributed by atoms with Gasteiger partial charge in [-0.25, -0.2) is 0 Å². The molecule has 17 heavy (non-hydrogen) atoms. The standard InChI is InChI=1S/C12H23F3N2/c1-2-6-16-9-11-4-3-7-17(10-11)8-5-12(13,14)15/h11,16H,2-10H2,1H3. The number of hydrogen-bond acceptors (Lipinski definition) is 2. The van der Waals surface area contributed by atoms with Crippen molar-refractivity contribution in [2.24, 2.45) is 5.92 Å². The molecule has 1 N–H and O–H groups in total. The highest BCUT2D eigenvalue weighted by molar-refractivity contribution is 4.75. The van der Waals surface area contributed by atoms with Gasteiger partial charge in [-0.15, -0.1) is 0 Å². The lowest BCUT2D eigenvalue weighted by Crippen LogP contribution is -2.41. The van der Waals surface area contributed by atoms with E-state index in [1.165, 1.54) is 0 Å². The predicted octanol–water partition coefficient (Wildman–Crippen LogP) is 2.65. The molecule has 1 aliphatic rings. The molecule has 2 nitrogen and oxygen atoms in total. The number of hydrogen-bond donors (Lipinski definition) is 1. The minimum Gasteiger partial charge on any atom is -0.316 e. The van der Waals surface area contributed by atoms with Gasteiger partial charge >= 0.3 is 6.18 Å². The second-order valence-electron chi connectivity index (χ2n) is 4.88. The smallest absolute Gasteiger partial charge is 0.316 e. The van der Waals surface area contributed by atoms with Crippen molar-refractivity contribution in [1.29, 1.82) is 0 Å². The minimum atomic E-state index is -4.02. The number of rotatable bonds is 6. The molecule has 1 atom stereocenters. The Labute approximate surface area is 102 Å². The molecule has 5 heteroatoms. The molecule has 0 saturated carbocycles. The maximum Gasteiger partial charge on any atom is 0.390 e. The highest BCUT2D eigenvalue weighted by atomic mass is 19.4. The van der Waals surface area contributed by atoms with Crippen molar-refractivity contribution in [3.05, 3.63) is 0 Å². The Kier molecular flexibility index (Phi) is 6.27. The van der Waals surface area contributed by atoms with Gasteiger partial charge in [0.2, 0.25) is 0 Å². The van der Waals surface area contributed by atoms with Crippen LogP contribution in [-0.4, -0.2) is 43.8 Å². The molecule has 0 aliphatic carbocycles. The van der Waals surface area contributed by atoms with E-state index in [-0.39, 0.29) is 6.54 Å². The number of likely N-dealkylation sites (tertiary alicyclic amines) is 1. The lowest BCUT2D eigenvalue weighted by Gasteiger charge is -2.33. The van der Waals surface area contributed by atoms with E-state index in [1.807, 2.05) is 4.90 Å². The molecular formula is C12H23F3N2. The van der Waals surface area contributed by atoms with Crippen LogP contribution in [0.5, 0.6) is 0 Å². The van der Waals surface area contributed by atoms with Crippen molar-refractivity contribution in [3.63, 3.8) is 0 Å². The van der Waals surface area contributed by atoms with Crippen LogP contribution in [0.1, 0.15) is 32.6 Å². The van der Waals surface area contributed by atoms with Crippen LogP contribution < -0.4 is 5.32 Å². The van der Waals surface area contributed by atoms with E-state index in [9.17, 15) is 13.2 Å². The maximum atomic E-state index is 12.1. The molecule has 1 heterocycles. The molecule has 0 radical (unpaired) electrons. The highest BCUT2D eigenvalue weighted by Crippen LogP contribution is 2.22. The largest absolute Gasteiger partial charge is 0.390 e. The summed E-state index contributed by atoms with van der Waals surface area (Å²) >= 11 is 0. The van der Waals surface area contributed by atoms with E-state index >= 15 is 0 Å². The van der Waals surface area contributed by atoms with E-state index in [4.69, 9.17) is 0 Å². The van der Waals surface area contributed by atoms with Crippen LogP contribution in [0, 0.1) is 5.92 Å². The van der Waals surface area contributed by atoms with Gasteiger partial charge in [0, 0.05) is 13.1 Å². The van der Waals surface area contributed by atoms with Crippen LogP contribution in [0.2, 0.25) is 0 Å². The Hall–Kier alpha value is -0.290. The third kappa shape index (κ3) is 6.88. The summed E-state index contributed by atoms with van der Waals surface area (Å²) < 4.78 is 36.4. The van der Waals surface area contributed by atoms with Gasteiger partial charge in [-0.05, 0) is 44.8 Å². The van der Waals surface area contributed by atoms with E-state index in [0.29, 0.717) is 5.92 Å². The first-order chi connectivity index (χ1) is 8.01. The van der Waals surface area contributed by atoms with Crippen LogP contribution in [0.15, 0.2) is 0 Å². The Morgan fingerprint density at radius 3 is 2.76 bits per heavy atom. The maximum absolute atomic E-state index is 12.1.